The third-order valence-corrected chi connectivity index (χ3v) is 5.60. The number of nitrogens with one attached hydrogen (secondary N) is 1. The molecule has 0 spiro atoms. The molecule has 2 N–H and O–H groups in total. The van der Waals surface area contributed by atoms with Crippen molar-refractivity contribution in [3.05, 3.63) is 59.8 Å². The van der Waals surface area contributed by atoms with Crippen LogP contribution in [0.5, 0.6) is 0 Å². The first-order chi connectivity index (χ1) is 16.1. The molecule has 3 heterocycles. The number of halogens is 3. The second kappa shape index (κ2) is 9.24. The number of pyridine rings is 1. The molecule has 1 fully saturated rings. The molecule has 0 aliphatic carbocycles. The summed E-state index contributed by atoms with van der Waals surface area (Å²) < 4.78 is 41.0. The van der Waals surface area contributed by atoms with Crippen LogP contribution in [0.1, 0.15) is 11.1 Å². The zero-order valence-electron chi connectivity index (χ0n) is 19.2. The monoisotopic (exact) mass is 474 g/mol. The summed E-state index contributed by atoms with van der Waals surface area (Å²) in [5, 5.41) is 13.4. The number of hydrogen-bond acceptors (Lipinski definition) is 7. The molecule has 1 aliphatic rings. The van der Waals surface area contributed by atoms with Gasteiger partial charge in [-0.15, -0.1) is 0 Å². The van der Waals surface area contributed by atoms with E-state index in [-0.39, 0.29) is 18.9 Å². The van der Waals surface area contributed by atoms with Gasteiger partial charge in [-0.1, -0.05) is 22.4 Å². The highest BCUT2D eigenvalue weighted by Gasteiger charge is 2.42. The molecule has 34 heavy (non-hydrogen) atoms. The van der Waals surface area contributed by atoms with E-state index in [2.05, 4.69) is 15.3 Å². The molecule has 0 bridgehead atoms. The summed E-state index contributed by atoms with van der Waals surface area (Å²) in [6, 6.07) is 11.9. The van der Waals surface area contributed by atoms with Crippen LogP contribution in [0.2, 0.25) is 0 Å². The predicted molar refractivity (Wildman–Crippen MR) is 124 cm³/mol. The highest BCUT2D eigenvalue weighted by molar-refractivity contribution is 5.62. The smallest absolute Gasteiger partial charge is 0.363 e. The predicted octanol–water partition coefficient (Wildman–Crippen LogP) is 3.46. The van der Waals surface area contributed by atoms with Crippen LogP contribution in [0, 0.1) is 6.92 Å². The number of aryl methyl sites for hydroxylation is 1. The maximum atomic E-state index is 13.5. The van der Waals surface area contributed by atoms with Gasteiger partial charge in [0.05, 0.1) is 13.1 Å². The summed E-state index contributed by atoms with van der Waals surface area (Å²) in [6.07, 6.45) is -3.37. The first kappa shape index (κ1) is 23.4. The van der Waals surface area contributed by atoms with E-state index in [0.717, 1.165) is 17.3 Å². The van der Waals surface area contributed by atoms with Crippen LogP contribution in [0.25, 0.3) is 0 Å². The van der Waals surface area contributed by atoms with E-state index >= 15 is 0 Å². The van der Waals surface area contributed by atoms with Crippen molar-refractivity contribution in [3.8, 4) is 0 Å². The zero-order chi connectivity index (χ0) is 24.5. The Hall–Kier alpha value is -3.76. The van der Waals surface area contributed by atoms with E-state index in [4.69, 9.17) is 0 Å². The van der Waals surface area contributed by atoms with E-state index in [1.165, 1.54) is 17.2 Å². The Morgan fingerprint density at radius 1 is 1.00 bits per heavy atom. The third-order valence-electron chi connectivity index (χ3n) is 5.60. The lowest BCUT2D eigenvalue weighted by atomic mass is 10.2. The molecule has 0 amide bonds. The molecule has 1 aliphatic heterocycles. The topological polar surface area (TPSA) is 71.6 Å². The minimum atomic E-state index is -4.57. The van der Waals surface area contributed by atoms with Crippen LogP contribution in [0.4, 0.5) is 42.3 Å². The van der Waals surface area contributed by atoms with Gasteiger partial charge in [0, 0.05) is 25.8 Å². The molecule has 0 radical (unpaired) electrons. The molecule has 1 saturated heterocycles. The fourth-order valence-electron chi connectivity index (χ4n) is 3.79. The molecule has 1 aromatic carbocycles. The first-order valence-corrected chi connectivity index (χ1v) is 10.8. The maximum absolute atomic E-state index is 13.5. The molecule has 2 aromatic heterocycles. The number of anilines is 5. The molecular weight excluding hydrogens is 447 g/mol. The van der Waals surface area contributed by atoms with Crippen LogP contribution in [-0.2, 0) is 6.18 Å². The van der Waals surface area contributed by atoms with E-state index in [1.54, 1.807) is 0 Å². The van der Waals surface area contributed by atoms with Gasteiger partial charge in [0.2, 0.25) is 5.95 Å². The molecular formula is C23H27F3N7O+. The molecule has 0 saturated carbocycles. The second-order valence-corrected chi connectivity index (χ2v) is 8.36. The lowest BCUT2D eigenvalue weighted by Gasteiger charge is -2.32. The van der Waals surface area contributed by atoms with Gasteiger partial charge >= 0.3 is 12.0 Å². The van der Waals surface area contributed by atoms with Gasteiger partial charge < -0.3 is 20.3 Å². The van der Waals surface area contributed by atoms with Gasteiger partial charge in [-0.2, -0.15) is 23.1 Å². The molecule has 8 nitrogen and oxygen atoms in total. The number of piperazine rings is 1. The Morgan fingerprint density at radius 2 is 1.65 bits per heavy atom. The van der Waals surface area contributed by atoms with Crippen molar-refractivity contribution in [1.82, 2.24) is 9.97 Å². The number of hydrogen-bond donors (Lipinski definition) is 2. The van der Waals surface area contributed by atoms with Gasteiger partial charge in [0.1, 0.15) is 36.5 Å². The Bertz CT molecular complexity index is 1140. The highest BCUT2D eigenvalue weighted by Crippen LogP contribution is 2.35. The van der Waals surface area contributed by atoms with Crippen molar-refractivity contribution in [2.24, 2.45) is 0 Å². The number of benzene rings is 1. The maximum Gasteiger partial charge on any atom is 0.424 e. The van der Waals surface area contributed by atoms with Crippen molar-refractivity contribution in [1.29, 1.82) is 0 Å². The number of nitrogens with zero attached hydrogens (tertiary/aromatic N) is 6. The van der Waals surface area contributed by atoms with Gasteiger partial charge in [0.25, 0.3) is 0 Å². The number of rotatable bonds is 5. The third kappa shape index (κ3) is 5.08. The first-order valence-electron chi connectivity index (χ1n) is 10.8. The van der Waals surface area contributed by atoms with Gasteiger partial charge in [-0.05, 0) is 31.2 Å². The van der Waals surface area contributed by atoms with Crippen LogP contribution >= 0.6 is 0 Å². The van der Waals surface area contributed by atoms with Crippen LogP contribution in [0.3, 0.4) is 0 Å². The molecule has 180 valence electrons. The summed E-state index contributed by atoms with van der Waals surface area (Å²) in [6.45, 7) is 3.34. The lowest BCUT2D eigenvalue weighted by molar-refractivity contribution is -0.895. The highest BCUT2D eigenvalue weighted by atomic mass is 19.4. The van der Waals surface area contributed by atoms with Crippen molar-refractivity contribution in [3.63, 3.8) is 0 Å². The van der Waals surface area contributed by atoms with Gasteiger partial charge in [-0.25, -0.2) is 0 Å². The molecule has 11 heteroatoms. The summed E-state index contributed by atoms with van der Waals surface area (Å²) in [5.41, 5.74) is 1.17. The largest absolute Gasteiger partial charge is 0.424 e. The SMILES string of the molecule is Cc1ccc(Nc2cc(N(C)C)nc(N3CCN(c4c(C(F)(F)F)ccc[n+]4O)CC3)n2)cc1. The van der Waals surface area contributed by atoms with E-state index in [9.17, 15) is 18.4 Å². The Morgan fingerprint density at radius 3 is 2.26 bits per heavy atom. The van der Waals surface area contributed by atoms with Crippen LogP contribution in [0.15, 0.2) is 48.7 Å². The average Bonchev–Trinajstić information content (AvgIpc) is 2.80. The van der Waals surface area contributed by atoms with Crippen LogP contribution in [-0.4, -0.2) is 55.4 Å². The molecule has 4 rings (SSSR count). The van der Waals surface area contributed by atoms with Crippen molar-refractivity contribution in [2.45, 2.75) is 13.1 Å². The average molecular weight is 475 g/mol. The van der Waals surface area contributed by atoms with Crippen molar-refractivity contribution in [2.75, 3.05) is 60.3 Å². The normalized spacial score (nSPS) is 14.3. The second-order valence-electron chi connectivity index (χ2n) is 8.36. The quantitative estimate of drug-likeness (QED) is 0.434. The van der Waals surface area contributed by atoms with Gasteiger partial charge in [-0.3, -0.25) is 4.90 Å². The van der Waals surface area contributed by atoms with Crippen molar-refractivity contribution >= 4 is 29.1 Å². The minimum Gasteiger partial charge on any atom is -0.363 e. The molecule has 0 atom stereocenters. The van der Waals surface area contributed by atoms with Crippen molar-refractivity contribution < 1.29 is 23.1 Å². The zero-order valence-corrected chi connectivity index (χ0v) is 19.2. The summed E-state index contributed by atoms with van der Waals surface area (Å²) in [7, 11) is 3.77. The molecule has 0 unspecified atom stereocenters. The van der Waals surface area contributed by atoms with E-state index in [0.29, 0.717) is 35.4 Å². The van der Waals surface area contributed by atoms with Crippen LogP contribution < -0.4 is 24.7 Å². The van der Waals surface area contributed by atoms with Gasteiger partial charge in [0.15, 0.2) is 0 Å². The standard InChI is InChI=1S/C23H27F3N7O/c1-16-6-8-17(9-7-16)27-19-15-20(30(2)3)29-22(28-19)32-13-11-31(12-14-32)21-18(23(24,25)26)5-4-10-33(21)34/h4-10,15,34H,11-14H2,1-3H3,(H,27,28,29)/q+1. The fourth-order valence-corrected chi connectivity index (χ4v) is 3.79. The number of aromatic nitrogens is 3. The lowest BCUT2D eigenvalue weighted by Crippen LogP contribution is -2.52. The fraction of sp³-hybridized carbons (Fsp3) is 0.348. The van der Waals surface area contributed by atoms with E-state index < -0.39 is 11.7 Å². The molecule has 3 aromatic rings. The number of alkyl halides is 3. The Labute approximate surface area is 195 Å². The Balaban J connectivity index is 1.55. The van der Waals surface area contributed by atoms with E-state index in [1.807, 2.05) is 61.2 Å². The summed E-state index contributed by atoms with van der Waals surface area (Å²) >= 11 is 0. The minimum absolute atomic E-state index is 0.265. The summed E-state index contributed by atoms with van der Waals surface area (Å²) in [4.78, 5) is 14.6. The summed E-state index contributed by atoms with van der Waals surface area (Å²) in [5.74, 6) is 1.55. The Kier molecular flexibility index (Phi) is 6.36.